The highest BCUT2D eigenvalue weighted by Crippen LogP contribution is 2.26. The Balaban J connectivity index is 1.63. The van der Waals surface area contributed by atoms with Gasteiger partial charge in [0.05, 0.1) is 0 Å². The van der Waals surface area contributed by atoms with Gasteiger partial charge < -0.3 is 4.90 Å². The van der Waals surface area contributed by atoms with E-state index >= 15 is 0 Å². The third kappa shape index (κ3) is 3.42. The Hall–Kier alpha value is -1.17. The summed E-state index contributed by atoms with van der Waals surface area (Å²) >= 11 is 4.97. The second-order valence-corrected chi connectivity index (χ2v) is 7.44. The van der Waals surface area contributed by atoms with Crippen LogP contribution in [0.15, 0.2) is 46.3 Å². The van der Waals surface area contributed by atoms with Crippen LogP contribution in [0.25, 0.3) is 0 Å². The first-order valence-electron chi connectivity index (χ1n) is 7.45. The molecule has 1 atom stereocenters. The summed E-state index contributed by atoms with van der Waals surface area (Å²) < 4.78 is 0.904. The summed E-state index contributed by atoms with van der Waals surface area (Å²) in [5, 5.41) is 1.95. The first kappa shape index (κ1) is 15.7. The Kier molecular flexibility index (Phi) is 4.96. The highest BCUT2D eigenvalue weighted by molar-refractivity contribution is 9.10. The number of nitrogens with zero attached hydrogens (tertiary/aromatic N) is 2. The molecule has 0 bridgehead atoms. The van der Waals surface area contributed by atoms with E-state index in [1.54, 1.807) is 0 Å². The minimum atomic E-state index is 0.147. The fraction of sp³-hybridized carbons (Fsp3) is 0.353. The van der Waals surface area contributed by atoms with Gasteiger partial charge in [-0.1, -0.05) is 30.3 Å². The number of benzene rings is 1. The summed E-state index contributed by atoms with van der Waals surface area (Å²) in [6.07, 6.45) is 0. The van der Waals surface area contributed by atoms with Crippen LogP contribution in [0.3, 0.4) is 0 Å². The Labute approximate surface area is 143 Å². The van der Waals surface area contributed by atoms with Crippen LogP contribution >= 0.6 is 27.3 Å². The normalized spacial score (nSPS) is 19.4. The Morgan fingerprint density at radius 3 is 2.68 bits per heavy atom. The van der Waals surface area contributed by atoms with E-state index in [4.69, 9.17) is 0 Å². The smallest absolute Gasteiger partial charge is 0.265 e. The van der Waals surface area contributed by atoms with Crippen molar-refractivity contribution in [1.82, 2.24) is 9.80 Å². The van der Waals surface area contributed by atoms with Crippen LogP contribution in [-0.4, -0.2) is 41.4 Å². The zero-order valence-electron chi connectivity index (χ0n) is 12.5. The van der Waals surface area contributed by atoms with Crippen LogP contribution in [0.2, 0.25) is 0 Å². The topological polar surface area (TPSA) is 23.6 Å². The molecule has 0 saturated carbocycles. The van der Waals surface area contributed by atoms with Gasteiger partial charge in [0, 0.05) is 36.7 Å². The third-order valence-electron chi connectivity index (χ3n) is 4.03. The molecule has 2 heterocycles. The van der Waals surface area contributed by atoms with E-state index in [-0.39, 0.29) is 11.9 Å². The van der Waals surface area contributed by atoms with E-state index in [1.807, 2.05) is 22.4 Å². The number of piperazine rings is 1. The van der Waals surface area contributed by atoms with E-state index in [0.717, 1.165) is 35.5 Å². The summed E-state index contributed by atoms with van der Waals surface area (Å²) in [6, 6.07) is 12.7. The van der Waals surface area contributed by atoms with Crippen LogP contribution in [0.1, 0.15) is 22.2 Å². The molecule has 1 aliphatic heterocycles. The van der Waals surface area contributed by atoms with Crippen LogP contribution in [0, 0.1) is 0 Å². The van der Waals surface area contributed by atoms with Crippen molar-refractivity contribution >= 4 is 33.2 Å². The Bertz CT molecular complexity index is 643. The monoisotopic (exact) mass is 378 g/mol. The molecule has 116 valence electrons. The lowest BCUT2D eigenvalue weighted by atomic mass is 10.1. The lowest BCUT2D eigenvalue weighted by Crippen LogP contribution is -2.53. The Morgan fingerprint density at radius 1 is 1.27 bits per heavy atom. The van der Waals surface area contributed by atoms with Crippen molar-refractivity contribution in [2.75, 3.05) is 19.6 Å². The van der Waals surface area contributed by atoms with Gasteiger partial charge in [0.25, 0.3) is 5.91 Å². The molecule has 1 aromatic carbocycles. The maximum atomic E-state index is 12.6. The molecule has 5 heteroatoms. The highest BCUT2D eigenvalue weighted by atomic mass is 79.9. The summed E-state index contributed by atoms with van der Waals surface area (Å²) in [4.78, 5) is 17.9. The molecule has 1 saturated heterocycles. The SMILES string of the molecule is CC1CN(Cc2ccccc2)CCN1C(=O)c1sccc1Br. The summed E-state index contributed by atoms with van der Waals surface area (Å²) in [7, 11) is 0. The van der Waals surface area contributed by atoms with Crippen molar-refractivity contribution in [1.29, 1.82) is 0 Å². The van der Waals surface area contributed by atoms with Gasteiger partial charge in [-0.3, -0.25) is 9.69 Å². The van der Waals surface area contributed by atoms with Crippen molar-refractivity contribution in [3.05, 3.63) is 56.7 Å². The highest BCUT2D eigenvalue weighted by Gasteiger charge is 2.29. The molecule has 1 amide bonds. The molecule has 22 heavy (non-hydrogen) atoms. The fourth-order valence-corrected chi connectivity index (χ4v) is 4.39. The maximum absolute atomic E-state index is 12.6. The third-order valence-corrected chi connectivity index (χ3v) is 5.86. The number of carbonyl (C=O) groups excluding carboxylic acids is 1. The zero-order valence-corrected chi connectivity index (χ0v) is 14.9. The van der Waals surface area contributed by atoms with Gasteiger partial charge in [0.1, 0.15) is 4.88 Å². The summed E-state index contributed by atoms with van der Waals surface area (Å²) in [5.41, 5.74) is 1.33. The maximum Gasteiger partial charge on any atom is 0.265 e. The molecule has 0 aliphatic carbocycles. The van der Waals surface area contributed by atoms with Crippen molar-refractivity contribution in [3.8, 4) is 0 Å². The van der Waals surface area contributed by atoms with Crippen molar-refractivity contribution in [2.45, 2.75) is 19.5 Å². The zero-order chi connectivity index (χ0) is 15.5. The minimum absolute atomic E-state index is 0.147. The quantitative estimate of drug-likeness (QED) is 0.809. The van der Waals surface area contributed by atoms with Gasteiger partial charge in [0.15, 0.2) is 0 Å². The average Bonchev–Trinajstić information content (AvgIpc) is 2.94. The molecule has 0 N–H and O–H groups in total. The van der Waals surface area contributed by atoms with Gasteiger partial charge in [-0.15, -0.1) is 11.3 Å². The van der Waals surface area contributed by atoms with E-state index in [0.29, 0.717) is 0 Å². The lowest BCUT2D eigenvalue weighted by molar-refractivity contribution is 0.0479. The molecule has 1 aliphatic rings. The van der Waals surface area contributed by atoms with Crippen molar-refractivity contribution in [3.63, 3.8) is 0 Å². The molecule has 0 spiro atoms. The van der Waals surface area contributed by atoms with Gasteiger partial charge in [-0.05, 0) is 39.9 Å². The molecule has 1 aromatic heterocycles. The fourth-order valence-electron chi connectivity index (χ4n) is 2.90. The van der Waals surface area contributed by atoms with Crippen LogP contribution in [-0.2, 0) is 6.54 Å². The largest absolute Gasteiger partial charge is 0.333 e. The minimum Gasteiger partial charge on any atom is -0.333 e. The number of amides is 1. The van der Waals surface area contributed by atoms with Gasteiger partial charge in [0.2, 0.25) is 0 Å². The standard InChI is InChI=1S/C17H19BrN2OS/c1-13-11-19(12-14-5-3-2-4-6-14)8-9-20(13)17(21)16-15(18)7-10-22-16/h2-7,10,13H,8-9,11-12H2,1H3. The number of thiophene rings is 1. The van der Waals surface area contributed by atoms with Crippen LogP contribution in [0.4, 0.5) is 0 Å². The second-order valence-electron chi connectivity index (χ2n) is 5.67. The van der Waals surface area contributed by atoms with Gasteiger partial charge in [-0.2, -0.15) is 0 Å². The van der Waals surface area contributed by atoms with E-state index in [9.17, 15) is 4.79 Å². The first-order valence-corrected chi connectivity index (χ1v) is 9.12. The molecular formula is C17H19BrN2OS. The van der Waals surface area contributed by atoms with Crippen LogP contribution in [0.5, 0.6) is 0 Å². The second kappa shape index (κ2) is 6.94. The lowest BCUT2D eigenvalue weighted by Gasteiger charge is -2.39. The van der Waals surface area contributed by atoms with E-state index in [2.05, 4.69) is 52.0 Å². The predicted octanol–water partition coefficient (Wildman–Crippen LogP) is 3.86. The van der Waals surface area contributed by atoms with Crippen molar-refractivity contribution < 1.29 is 4.79 Å². The molecule has 3 nitrogen and oxygen atoms in total. The predicted molar refractivity (Wildman–Crippen MR) is 94.2 cm³/mol. The molecule has 3 rings (SSSR count). The molecular weight excluding hydrogens is 360 g/mol. The Morgan fingerprint density at radius 2 is 2.05 bits per heavy atom. The van der Waals surface area contributed by atoms with E-state index in [1.165, 1.54) is 16.9 Å². The number of carbonyl (C=O) groups is 1. The number of hydrogen-bond acceptors (Lipinski definition) is 3. The summed E-state index contributed by atoms with van der Waals surface area (Å²) in [6.45, 7) is 5.72. The first-order chi connectivity index (χ1) is 10.6. The number of hydrogen-bond donors (Lipinski definition) is 0. The average molecular weight is 379 g/mol. The molecule has 0 radical (unpaired) electrons. The summed E-state index contributed by atoms with van der Waals surface area (Å²) in [5.74, 6) is 0.147. The molecule has 1 unspecified atom stereocenters. The molecule has 1 fully saturated rings. The van der Waals surface area contributed by atoms with E-state index < -0.39 is 0 Å². The van der Waals surface area contributed by atoms with Crippen LogP contribution < -0.4 is 0 Å². The molecule has 2 aromatic rings. The van der Waals surface area contributed by atoms with Gasteiger partial charge in [-0.25, -0.2) is 0 Å². The number of halogens is 1. The van der Waals surface area contributed by atoms with Crippen molar-refractivity contribution in [2.24, 2.45) is 0 Å². The number of rotatable bonds is 3. The van der Waals surface area contributed by atoms with Gasteiger partial charge >= 0.3 is 0 Å².